The molecule has 2 heterocycles. The Bertz CT molecular complexity index is 657. The van der Waals surface area contributed by atoms with Gasteiger partial charge in [-0.15, -0.1) is 0 Å². The molecule has 2 rings (SSSR count). The van der Waals surface area contributed by atoms with E-state index in [0.717, 1.165) is 0 Å². The van der Waals surface area contributed by atoms with Gasteiger partial charge in [0, 0.05) is 23.8 Å². The van der Waals surface area contributed by atoms with Gasteiger partial charge in [-0.25, -0.2) is 13.4 Å². The van der Waals surface area contributed by atoms with Crippen LogP contribution in [-0.2, 0) is 19.6 Å². The van der Waals surface area contributed by atoms with E-state index in [-0.39, 0.29) is 35.7 Å². The Morgan fingerprint density at radius 3 is 2.73 bits per heavy atom. The molecule has 0 saturated carbocycles. The van der Waals surface area contributed by atoms with Crippen LogP contribution in [0.25, 0.3) is 0 Å². The van der Waals surface area contributed by atoms with E-state index < -0.39 is 10.0 Å². The highest BCUT2D eigenvalue weighted by Gasteiger charge is 2.34. The van der Waals surface area contributed by atoms with Gasteiger partial charge in [-0.3, -0.25) is 4.79 Å². The maximum atomic E-state index is 12.6. The summed E-state index contributed by atoms with van der Waals surface area (Å²) >= 11 is 3.20. The normalized spacial score (nSPS) is 17.4. The lowest BCUT2D eigenvalue weighted by molar-refractivity contribution is -0.149. The minimum atomic E-state index is -3.71. The van der Waals surface area contributed by atoms with Crippen LogP contribution < -0.4 is 5.73 Å². The third kappa shape index (κ3) is 3.58. The highest BCUT2D eigenvalue weighted by Crippen LogP contribution is 2.28. The van der Waals surface area contributed by atoms with Crippen molar-refractivity contribution in [2.45, 2.75) is 24.7 Å². The summed E-state index contributed by atoms with van der Waals surface area (Å²) in [5.74, 6) is -0.539. The third-order valence-corrected chi connectivity index (χ3v) is 5.90. The SMILES string of the molecule is CCOC(=O)C1CCN(S(=O)(=O)c2cc(Br)cnc2N)CC1. The van der Waals surface area contributed by atoms with Crippen molar-refractivity contribution in [1.82, 2.24) is 9.29 Å². The Morgan fingerprint density at radius 2 is 2.14 bits per heavy atom. The number of pyridine rings is 1. The standard InChI is InChI=1S/C13H18BrN3O4S/c1-2-21-13(18)9-3-5-17(6-4-9)22(19,20)11-7-10(14)8-16-12(11)15/h7-9H,2-6H2,1H3,(H2,15,16). The van der Waals surface area contributed by atoms with Crippen molar-refractivity contribution in [2.24, 2.45) is 5.92 Å². The molecule has 22 heavy (non-hydrogen) atoms. The fourth-order valence-corrected chi connectivity index (χ4v) is 4.41. The van der Waals surface area contributed by atoms with Gasteiger partial charge in [-0.2, -0.15) is 4.31 Å². The lowest BCUT2D eigenvalue weighted by Crippen LogP contribution is -2.40. The van der Waals surface area contributed by atoms with Gasteiger partial charge in [0.05, 0.1) is 12.5 Å². The molecule has 0 radical (unpaired) electrons. The average Bonchev–Trinajstić information content (AvgIpc) is 2.50. The molecule has 0 bridgehead atoms. The van der Waals surface area contributed by atoms with E-state index >= 15 is 0 Å². The molecule has 0 atom stereocenters. The Kier molecular flexibility index (Phi) is 5.41. The molecule has 2 N–H and O–H groups in total. The van der Waals surface area contributed by atoms with Gasteiger partial charge in [0.2, 0.25) is 10.0 Å². The van der Waals surface area contributed by atoms with Crippen molar-refractivity contribution in [3.63, 3.8) is 0 Å². The third-order valence-electron chi connectivity index (χ3n) is 3.54. The number of anilines is 1. The number of carbonyl (C=O) groups excluding carboxylic acids is 1. The monoisotopic (exact) mass is 391 g/mol. The van der Waals surface area contributed by atoms with Crippen molar-refractivity contribution in [3.05, 3.63) is 16.7 Å². The molecule has 0 spiro atoms. The number of nitrogen functional groups attached to an aromatic ring is 1. The zero-order chi connectivity index (χ0) is 16.3. The zero-order valence-electron chi connectivity index (χ0n) is 12.2. The topological polar surface area (TPSA) is 103 Å². The summed E-state index contributed by atoms with van der Waals surface area (Å²) in [6.45, 7) is 2.60. The number of nitrogens with zero attached hydrogens (tertiary/aromatic N) is 2. The van der Waals surface area contributed by atoms with Crippen molar-refractivity contribution in [3.8, 4) is 0 Å². The molecule has 1 fully saturated rings. The van der Waals surface area contributed by atoms with Crippen molar-refractivity contribution >= 4 is 37.7 Å². The molecular formula is C13H18BrN3O4S. The summed E-state index contributed by atoms with van der Waals surface area (Å²) in [5.41, 5.74) is 5.69. The van der Waals surface area contributed by atoms with Crippen molar-refractivity contribution in [2.75, 3.05) is 25.4 Å². The van der Waals surface area contributed by atoms with E-state index in [0.29, 0.717) is 23.9 Å². The molecule has 122 valence electrons. The van der Waals surface area contributed by atoms with Gasteiger partial charge < -0.3 is 10.5 Å². The van der Waals surface area contributed by atoms with Crippen LogP contribution in [0.3, 0.4) is 0 Å². The molecule has 1 aliphatic heterocycles. The number of sulfonamides is 1. The number of aromatic nitrogens is 1. The van der Waals surface area contributed by atoms with E-state index in [1.807, 2.05) is 0 Å². The largest absolute Gasteiger partial charge is 0.466 e. The second-order valence-electron chi connectivity index (χ2n) is 4.97. The van der Waals surface area contributed by atoms with Crippen LogP contribution in [0.15, 0.2) is 21.6 Å². The van der Waals surface area contributed by atoms with Gasteiger partial charge in [-0.1, -0.05) is 0 Å². The van der Waals surface area contributed by atoms with Crippen LogP contribution in [0.4, 0.5) is 5.82 Å². The second-order valence-corrected chi connectivity index (χ2v) is 7.79. The molecule has 0 unspecified atom stereocenters. The van der Waals surface area contributed by atoms with Crippen LogP contribution in [0.5, 0.6) is 0 Å². The van der Waals surface area contributed by atoms with E-state index in [1.54, 1.807) is 6.92 Å². The quantitative estimate of drug-likeness (QED) is 0.777. The Hall–Kier alpha value is -1.19. The molecule has 7 nitrogen and oxygen atoms in total. The lowest BCUT2D eigenvalue weighted by Gasteiger charge is -2.30. The van der Waals surface area contributed by atoms with E-state index in [9.17, 15) is 13.2 Å². The molecule has 0 aromatic carbocycles. The summed E-state index contributed by atoms with van der Waals surface area (Å²) in [6.07, 6.45) is 2.33. The number of halogens is 1. The molecular weight excluding hydrogens is 374 g/mol. The fourth-order valence-electron chi connectivity index (χ4n) is 2.37. The van der Waals surface area contributed by atoms with E-state index in [2.05, 4.69) is 20.9 Å². The number of piperidine rings is 1. The minimum absolute atomic E-state index is 0.0172. The van der Waals surface area contributed by atoms with Gasteiger partial charge in [0.15, 0.2) is 0 Å². The van der Waals surface area contributed by atoms with Crippen LogP contribution in [0, 0.1) is 5.92 Å². The number of ether oxygens (including phenoxy) is 1. The molecule has 9 heteroatoms. The van der Waals surface area contributed by atoms with E-state index in [1.165, 1.54) is 16.6 Å². The summed E-state index contributed by atoms with van der Waals surface area (Å²) in [4.78, 5) is 15.5. The zero-order valence-corrected chi connectivity index (χ0v) is 14.6. The van der Waals surface area contributed by atoms with Crippen molar-refractivity contribution in [1.29, 1.82) is 0 Å². The van der Waals surface area contributed by atoms with Gasteiger partial charge in [0.1, 0.15) is 10.7 Å². The molecule has 1 aromatic rings. The van der Waals surface area contributed by atoms with Gasteiger partial charge in [-0.05, 0) is 41.8 Å². The minimum Gasteiger partial charge on any atom is -0.466 e. The van der Waals surface area contributed by atoms with Gasteiger partial charge >= 0.3 is 5.97 Å². The Balaban J connectivity index is 2.13. The number of hydrogen-bond donors (Lipinski definition) is 1. The molecule has 1 saturated heterocycles. The highest BCUT2D eigenvalue weighted by molar-refractivity contribution is 9.10. The van der Waals surface area contributed by atoms with Crippen LogP contribution >= 0.6 is 15.9 Å². The smallest absolute Gasteiger partial charge is 0.309 e. The van der Waals surface area contributed by atoms with Crippen LogP contribution in [0.1, 0.15) is 19.8 Å². The predicted molar refractivity (Wildman–Crippen MR) is 84.5 cm³/mol. The van der Waals surface area contributed by atoms with Crippen LogP contribution in [0.2, 0.25) is 0 Å². The summed E-state index contributed by atoms with van der Waals surface area (Å²) in [6, 6.07) is 1.44. The summed E-state index contributed by atoms with van der Waals surface area (Å²) in [5, 5.41) is 0. The number of carbonyl (C=O) groups is 1. The van der Waals surface area contributed by atoms with Gasteiger partial charge in [0.25, 0.3) is 0 Å². The first-order chi connectivity index (χ1) is 10.4. The molecule has 0 amide bonds. The fraction of sp³-hybridized carbons (Fsp3) is 0.538. The maximum absolute atomic E-state index is 12.6. The molecule has 1 aromatic heterocycles. The highest BCUT2D eigenvalue weighted by atomic mass is 79.9. The Morgan fingerprint density at radius 1 is 1.50 bits per heavy atom. The number of rotatable bonds is 4. The lowest BCUT2D eigenvalue weighted by atomic mass is 9.98. The second kappa shape index (κ2) is 6.93. The Labute approximate surface area is 138 Å². The predicted octanol–water partition coefficient (Wildman–Crippen LogP) is 1.39. The first kappa shape index (κ1) is 17.2. The summed E-state index contributed by atoms with van der Waals surface area (Å²) in [7, 11) is -3.71. The number of esters is 1. The first-order valence-electron chi connectivity index (χ1n) is 6.94. The summed E-state index contributed by atoms with van der Waals surface area (Å²) < 4.78 is 32.1. The number of nitrogens with two attached hydrogens (primary N) is 1. The first-order valence-corrected chi connectivity index (χ1v) is 9.17. The molecule has 1 aliphatic rings. The van der Waals surface area contributed by atoms with E-state index in [4.69, 9.17) is 10.5 Å². The maximum Gasteiger partial charge on any atom is 0.309 e. The average molecular weight is 392 g/mol. The van der Waals surface area contributed by atoms with Crippen LogP contribution in [-0.4, -0.2) is 43.4 Å². The number of hydrogen-bond acceptors (Lipinski definition) is 6. The van der Waals surface area contributed by atoms with Crippen molar-refractivity contribution < 1.29 is 17.9 Å². The molecule has 0 aliphatic carbocycles.